The van der Waals surface area contributed by atoms with Gasteiger partial charge in [-0.05, 0) is 53.2 Å². The summed E-state index contributed by atoms with van der Waals surface area (Å²) >= 11 is 3.47. The topological polar surface area (TPSA) is 61.8 Å². The highest BCUT2D eigenvalue weighted by Gasteiger charge is 2.03. The van der Waals surface area contributed by atoms with E-state index in [-0.39, 0.29) is 0 Å². The molecule has 0 aliphatic heterocycles. The molecule has 4 heteroatoms. The van der Waals surface area contributed by atoms with Crippen molar-refractivity contribution < 1.29 is 0 Å². The second kappa shape index (κ2) is 5.47. The van der Waals surface area contributed by atoms with Gasteiger partial charge in [0.25, 0.3) is 0 Å². The number of hydrogen-bond donors (Lipinski definition) is 2. The van der Waals surface area contributed by atoms with Gasteiger partial charge in [0, 0.05) is 10.2 Å². The Bertz CT molecular complexity index is 866. The summed E-state index contributed by atoms with van der Waals surface area (Å²) in [4.78, 5) is 0. The molecule has 0 radical (unpaired) electrons. The first kappa shape index (κ1) is 13.5. The van der Waals surface area contributed by atoms with Gasteiger partial charge in [-0.25, -0.2) is 0 Å². The molecule has 102 valence electrons. The quantitative estimate of drug-likeness (QED) is 0.660. The average molecular weight is 338 g/mol. The highest BCUT2D eigenvalue weighted by atomic mass is 79.9. The van der Waals surface area contributed by atoms with Gasteiger partial charge in [-0.1, -0.05) is 28.1 Å². The van der Waals surface area contributed by atoms with E-state index in [1.807, 2.05) is 18.2 Å². The molecule has 0 heterocycles. The minimum Gasteiger partial charge on any atom is -0.397 e. The maximum Gasteiger partial charge on any atom is 0.0992 e. The fourth-order valence-electron chi connectivity index (χ4n) is 2.18. The zero-order valence-electron chi connectivity index (χ0n) is 11.1. The van der Waals surface area contributed by atoms with Crippen LogP contribution in [0.4, 0.5) is 17.1 Å². The average Bonchev–Trinajstić information content (AvgIpc) is 2.49. The molecule has 3 aromatic carbocycles. The van der Waals surface area contributed by atoms with Gasteiger partial charge < -0.3 is 11.1 Å². The molecule has 0 bridgehead atoms. The Morgan fingerprint density at radius 1 is 0.952 bits per heavy atom. The van der Waals surface area contributed by atoms with Gasteiger partial charge >= 0.3 is 0 Å². The Morgan fingerprint density at radius 3 is 2.52 bits per heavy atom. The van der Waals surface area contributed by atoms with E-state index in [2.05, 4.69) is 45.5 Å². The molecule has 0 amide bonds. The van der Waals surface area contributed by atoms with Crippen LogP contribution in [0.3, 0.4) is 0 Å². The minimum absolute atomic E-state index is 0.580. The van der Waals surface area contributed by atoms with Crippen molar-refractivity contribution in [1.29, 1.82) is 5.26 Å². The molecule has 0 spiro atoms. The third-order valence-electron chi connectivity index (χ3n) is 3.26. The number of hydrogen-bond acceptors (Lipinski definition) is 3. The van der Waals surface area contributed by atoms with Gasteiger partial charge in [-0.2, -0.15) is 5.26 Å². The molecule has 3 nitrogen and oxygen atoms in total. The Balaban J connectivity index is 1.98. The third kappa shape index (κ3) is 2.83. The molecule has 0 saturated heterocycles. The molecular weight excluding hydrogens is 326 g/mol. The number of nitriles is 1. The molecule has 0 unspecified atom stereocenters. The molecule has 0 aliphatic carbocycles. The molecule has 0 aliphatic rings. The van der Waals surface area contributed by atoms with Crippen LogP contribution >= 0.6 is 15.9 Å². The molecule has 21 heavy (non-hydrogen) atoms. The van der Waals surface area contributed by atoms with Crippen molar-refractivity contribution in [1.82, 2.24) is 0 Å². The van der Waals surface area contributed by atoms with Crippen molar-refractivity contribution >= 4 is 43.8 Å². The minimum atomic E-state index is 0.580. The van der Waals surface area contributed by atoms with Crippen molar-refractivity contribution in [3.05, 3.63) is 64.6 Å². The monoisotopic (exact) mass is 337 g/mol. The Labute approximate surface area is 131 Å². The van der Waals surface area contributed by atoms with Crippen LogP contribution in [0.25, 0.3) is 10.8 Å². The number of halogens is 1. The lowest BCUT2D eigenvalue weighted by atomic mass is 10.1. The number of nitrogens with two attached hydrogens (primary N) is 1. The number of nitrogens with one attached hydrogen (secondary N) is 1. The van der Waals surface area contributed by atoms with Crippen LogP contribution in [-0.4, -0.2) is 0 Å². The maximum absolute atomic E-state index is 8.96. The van der Waals surface area contributed by atoms with Gasteiger partial charge in [-0.15, -0.1) is 0 Å². The van der Waals surface area contributed by atoms with E-state index in [0.29, 0.717) is 11.3 Å². The second-order valence-electron chi connectivity index (χ2n) is 4.75. The highest BCUT2D eigenvalue weighted by Crippen LogP contribution is 2.27. The fraction of sp³-hybridized carbons (Fsp3) is 0. The van der Waals surface area contributed by atoms with Gasteiger partial charge in [0.05, 0.1) is 23.0 Å². The van der Waals surface area contributed by atoms with E-state index in [4.69, 9.17) is 11.0 Å². The Kier molecular flexibility index (Phi) is 3.51. The summed E-state index contributed by atoms with van der Waals surface area (Å²) in [5.41, 5.74) is 8.82. The number of fused-ring (bicyclic) bond motifs is 1. The molecule has 0 saturated carbocycles. The van der Waals surface area contributed by atoms with Crippen LogP contribution in [-0.2, 0) is 0 Å². The second-order valence-corrected chi connectivity index (χ2v) is 5.66. The van der Waals surface area contributed by atoms with Gasteiger partial charge in [-0.3, -0.25) is 0 Å². The molecule has 3 N–H and O–H groups in total. The summed E-state index contributed by atoms with van der Waals surface area (Å²) in [6.07, 6.45) is 0. The van der Waals surface area contributed by atoms with E-state index in [1.165, 1.54) is 0 Å². The van der Waals surface area contributed by atoms with Crippen LogP contribution in [0.15, 0.2) is 59.1 Å². The van der Waals surface area contributed by atoms with Gasteiger partial charge in [0.1, 0.15) is 0 Å². The van der Waals surface area contributed by atoms with Crippen LogP contribution < -0.4 is 11.1 Å². The number of rotatable bonds is 2. The highest BCUT2D eigenvalue weighted by molar-refractivity contribution is 9.10. The van der Waals surface area contributed by atoms with E-state index in [9.17, 15) is 0 Å². The van der Waals surface area contributed by atoms with E-state index in [0.717, 1.165) is 26.6 Å². The summed E-state index contributed by atoms with van der Waals surface area (Å²) in [7, 11) is 0. The first-order valence-electron chi connectivity index (χ1n) is 6.42. The van der Waals surface area contributed by atoms with Crippen LogP contribution in [0, 0.1) is 11.3 Å². The summed E-state index contributed by atoms with van der Waals surface area (Å²) in [6.45, 7) is 0. The molecule has 0 atom stereocenters. The summed E-state index contributed by atoms with van der Waals surface area (Å²) < 4.78 is 1.06. The van der Waals surface area contributed by atoms with E-state index < -0.39 is 0 Å². The Hall–Kier alpha value is -2.51. The normalized spacial score (nSPS) is 10.3. The molecule has 0 fully saturated rings. The molecule has 3 aromatic rings. The van der Waals surface area contributed by atoms with E-state index >= 15 is 0 Å². The van der Waals surface area contributed by atoms with Crippen molar-refractivity contribution in [2.75, 3.05) is 11.1 Å². The molecule has 0 aromatic heterocycles. The van der Waals surface area contributed by atoms with Crippen LogP contribution in [0.5, 0.6) is 0 Å². The van der Waals surface area contributed by atoms with Gasteiger partial charge in [0.2, 0.25) is 0 Å². The number of nitrogens with zero attached hydrogens (tertiary/aromatic N) is 1. The number of anilines is 3. The maximum atomic E-state index is 8.96. The Morgan fingerprint density at radius 2 is 1.71 bits per heavy atom. The molecule has 3 rings (SSSR count). The number of nitrogen functional groups attached to an aromatic ring is 1. The SMILES string of the molecule is N#Cc1ccc(N)c(Nc2ccc3cc(Br)ccc3c2)c1. The largest absolute Gasteiger partial charge is 0.397 e. The third-order valence-corrected chi connectivity index (χ3v) is 3.76. The van der Waals surface area contributed by atoms with Crippen LogP contribution in [0.1, 0.15) is 5.56 Å². The summed E-state index contributed by atoms with van der Waals surface area (Å²) in [6, 6.07) is 19.5. The zero-order chi connectivity index (χ0) is 14.8. The lowest BCUT2D eigenvalue weighted by Crippen LogP contribution is -1.96. The first-order chi connectivity index (χ1) is 10.2. The summed E-state index contributed by atoms with van der Waals surface area (Å²) in [5.74, 6) is 0. The fourth-order valence-corrected chi connectivity index (χ4v) is 2.56. The van der Waals surface area contributed by atoms with Crippen molar-refractivity contribution in [2.24, 2.45) is 0 Å². The smallest absolute Gasteiger partial charge is 0.0992 e. The first-order valence-corrected chi connectivity index (χ1v) is 7.21. The zero-order valence-corrected chi connectivity index (χ0v) is 12.7. The van der Waals surface area contributed by atoms with Crippen molar-refractivity contribution in [3.63, 3.8) is 0 Å². The van der Waals surface area contributed by atoms with Crippen molar-refractivity contribution in [3.8, 4) is 6.07 Å². The number of benzene rings is 3. The lowest BCUT2D eigenvalue weighted by Gasteiger charge is -2.10. The van der Waals surface area contributed by atoms with Gasteiger partial charge in [0.15, 0.2) is 0 Å². The molecular formula is C17H12BrN3. The van der Waals surface area contributed by atoms with Crippen LogP contribution in [0.2, 0.25) is 0 Å². The lowest BCUT2D eigenvalue weighted by molar-refractivity contribution is 1.47. The van der Waals surface area contributed by atoms with Crippen molar-refractivity contribution in [2.45, 2.75) is 0 Å². The van der Waals surface area contributed by atoms with E-state index in [1.54, 1.807) is 18.2 Å². The standard InChI is InChI=1S/C17H12BrN3/c18-14-4-2-13-9-15(5-3-12(13)8-14)21-17-7-11(10-19)1-6-16(17)20/h1-9,21H,20H2. The predicted molar refractivity (Wildman–Crippen MR) is 90.5 cm³/mol. The summed E-state index contributed by atoms with van der Waals surface area (Å²) in [5, 5.41) is 14.5. The predicted octanol–water partition coefficient (Wildman–Crippen LogP) is 4.80.